The third-order valence-electron chi connectivity index (χ3n) is 2.19. The Morgan fingerprint density at radius 3 is 2.47 bits per heavy atom. The van der Waals surface area contributed by atoms with Crippen LogP contribution >= 0.6 is 0 Å². The van der Waals surface area contributed by atoms with Gasteiger partial charge in [0.15, 0.2) is 11.6 Å². The number of rotatable bonds is 6. The van der Waals surface area contributed by atoms with Crippen molar-refractivity contribution in [3.05, 3.63) is 35.1 Å². The summed E-state index contributed by atoms with van der Waals surface area (Å²) < 4.78 is 49.4. The van der Waals surface area contributed by atoms with Gasteiger partial charge in [-0.05, 0) is 19.0 Å². The van der Waals surface area contributed by atoms with E-state index in [9.17, 15) is 17.4 Å². The molecular formula is C11H14F3NOS. The highest BCUT2D eigenvalue weighted by molar-refractivity contribution is 7.84. The predicted octanol–water partition coefficient (Wildman–Crippen LogP) is 1.96. The molecular weight excluding hydrogens is 251 g/mol. The number of nitrogens with one attached hydrogen (secondary N) is 1. The number of hydrogen-bond acceptors (Lipinski definition) is 2. The fourth-order valence-electron chi connectivity index (χ4n) is 1.32. The Hall–Kier alpha value is -0.880. The smallest absolute Gasteiger partial charge is 0.161 e. The van der Waals surface area contributed by atoms with Crippen molar-refractivity contribution >= 4 is 10.8 Å². The van der Waals surface area contributed by atoms with Crippen LogP contribution in [0.25, 0.3) is 0 Å². The third-order valence-corrected chi connectivity index (χ3v) is 3.05. The maximum absolute atomic E-state index is 13.2. The maximum Gasteiger partial charge on any atom is 0.161 e. The molecule has 0 amide bonds. The summed E-state index contributed by atoms with van der Waals surface area (Å²) in [5, 5.41) is 2.88. The molecule has 2 nitrogen and oxygen atoms in total. The van der Waals surface area contributed by atoms with E-state index in [0.717, 1.165) is 6.07 Å². The van der Waals surface area contributed by atoms with Gasteiger partial charge >= 0.3 is 0 Å². The molecule has 96 valence electrons. The molecule has 0 radical (unpaired) electrons. The fraction of sp³-hybridized carbons (Fsp3) is 0.455. The van der Waals surface area contributed by atoms with Gasteiger partial charge in [0, 0.05) is 41.0 Å². The van der Waals surface area contributed by atoms with Crippen LogP contribution in [0.4, 0.5) is 13.2 Å². The lowest BCUT2D eigenvalue weighted by molar-refractivity contribution is 0.487. The van der Waals surface area contributed by atoms with Crippen molar-refractivity contribution in [3.63, 3.8) is 0 Å². The van der Waals surface area contributed by atoms with Gasteiger partial charge in [-0.2, -0.15) is 0 Å². The van der Waals surface area contributed by atoms with Gasteiger partial charge in [-0.1, -0.05) is 0 Å². The van der Waals surface area contributed by atoms with Crippen LogP contribution in [0.15, 0.2) is 12.1 Å². The average molecular weight is 265 g/mol. The van der Waals surface area contributed by atoms with E-state index in [-0.39, 0.29) is 12.1 Å². The van der Waals surface area contributed by atoms with E-state index in [1.165, 1.54) is 0 Å². The van der Waals surface area contributed by atoms with E-state index in [1.807, 2.05) is 0 Å². The average Bonchev–Trinajstić information content (AvgIpc) is 2.24. The Morgan fingerprint density at radius 1 is 1.18 bits per heavy atom. The molecule has 6 heteroatoms. The van der Waals surface area contributed by atoms with E-state index in [0.29, 0.717) is 24.8 Å². The molecule has 17 heavy (non-hydrogen) atoms. The van der Waals surface area contributed by atoms with Gasteiger partial charge in [0.05, 0.1) is 0 Å². The molecule has 0 aliphatic heterocycles. The second-order valence-corrected chi connectivity index (χ2v) is 5.22. The Balaban J connectivity index is 2.41. The molecule has 1 atom stereocenters. The lowest BCUT2D eigenvalue weighted by Crippen LogP contribution is -2.17. The SMILES string of the molecule is CS(=O)CCCNCc1cc(F)c(F)cc1F. The van der Waals surface area contributed by atoms with Gasteiger partial charge in [-0.3, -0.25) is 4.21 Å². The first kappa shape index (κ1) is 14.2. The van der Waals surface area contributed by atoms with Crippen LogP contribution in [0.2, 0.25) is 0 Å². The minimum Gasteiger partial charge on any atom is -0.313 e. The normalized spacial score (nSPS) is 12.7. The van der Waals surface area contributed by atoms with Gasteiger partial charge in [-0.25, -0.2) is 13.2 Å². The molecule has 0 saturated carbocycles. The molecule has 0 fully saturated rings. The van der Waals surface area contributed by atoms with Gasteiger partial charge < -0.3 is 5.32 Å². The van der Waals surface area contributed by atoms with Crippen molar-refractivity contribution in [2.45, 2.75) is 13.0 Å². The molecule has 0 aromatic heterocycles. The first-order valence-electron chi connectivity index (χ1n) is 5.15. The van der Waals surface area contributed by atoms with Crippen molar-refractivity contribution in [1.82, 2.24) is 5.32 Å². The van der Waals surface area contributed by atoms with E-state index >= 15 is 0 Å². The lowest BCUT2D eigenvalue weighted by atomic mass is 10.2. The van der Waals surface area contributed by atoms with E-state index in [1.54, 1.807) is 6.26 Å². The van der Waals surface area contributed by atoms with Crippen molar-refractivity contribution in [1.29, 1.82) is 0 Å². The summed E-state index contributed by atoms with van der Waals surface area (Å²) in [4.78, 5) is 0. The maximum atomic E-state index is 13.2. The zero-order chi connectivity index (χ0) is 12.8. The van der Waals surface area contributed by atoms with Crippen LogP contribution in [-0.4, -0.2) is 22.8 Å². The first-order valence-corrected chi connectivity index (χ1v) is 6.87. The van der Waals surface area contributed by atoms with Crippen molar-refractivity contribution in [2.75, 3.05) is 18.6 Å². The predicted molar refractivity (Wildman–Crippen MR) is 61.6 cm³/mol. The van der Waals surface area contributed by atoms with E-state index in [4.69, 9.17) is 0 Å². The Bertz CT molecular complexity index is 412. The van der Waals surface area contributed by atoms with E-state index in [2.05, 4.69) is 5.32 Å². The number of benzene rings is 1. The van der Waals surface area contributed by atoms with Crippen LogP contribution < -0.4 is 5.32 Å². The lowest BCUT2D eigenvalue weighted by Gasteiger charge is -2.06. The standard InChI is InChI=1S/C11H14F3NOS/c1-17(16)4-2-3-15-7-8-5-10(13)11(14)6-9(8)12/h5-6,15H,2-4,7H2,1H3. The molecule has 0 heterocycles. The van der Waals surface area contributed by atoms with Gasteiger partial charge in [-0.15, -0.1) is 0 Å². The third kappa shape index (κ3) is 4.87. The summed E-state index contributed by atoms with van der Waals surface area (Å²) in [6.45, 7) is 0.678. The zero-order valence-corrected chi connectivity index (χ0v) is 10.3. The molecule has 0 spiro atoms. The summed E-state index contributed by atoms with van der Waals surface area (Å²) in [5.74, 6) is -2.45. The Labute approximate surface area is 101 Å². The number of halogens is 3. The summed E-state index contributed by atoms with van der Waals surface area (Å²) in [7, 11) is -0.848. The summed E-state index contributed by atoms with van der Waals surface area (Å²) in [6.07, 6.45) is 2.30. The Kier molecular flexibility index (Phi) is 5.64. The first-order chi connectivity index (χ1) is 8.00. The van der Waals surface area contributed by atoms with Gasteiger partial charge in [0.1, 0.15) is 5.82 Å². The van der Waals surface area contributed by atoms with Crippen LogP contribution in [0.3, 0.4) is 0 Å². The highest BCUT2D eigenvalue weighted by atomic mass is 32.2. The second-order valence-electron chi connectivity index (χ2n) is 3.67. The molecule has 0 saturated heterocycles. The summed E-state index contributed by atoms with van der Waals surface area (Å²) >= 11 is 0. The van der Waals surface area contributed by atoms with Crippen LogP contribution in [-0.2, 0) is 17.3 Å². The van der Waals surface area contributed by atoms with Crippen LogP contribution in [0.1, 0.15) is 12.0 Å². The minimum atomic E-state index is -1.19. The molecule has 0 bridgehead atoms. The monoisotopic (exact) mass is 265 g/mol. The number of hydrogen-bond donors (Lipinski definition) is 1. The fourth-order valence-corrected chi connectivity index (χ4v) is 1.87. The highest BCUT2D eigenvalue weighted by Crippen LogP contribution is 2.13. The molecule has 1 unspecified atom stereocenters. The van der Waals surface area contributed by atoms with Gasteiger partial charge in [0.2, 0.25) is 0 Å². The summed E-state index contributed by atoms with van der Waals surface area (Å²) in [6, 6.07) is 1.38. The largest absolute Gasteiger partial charge is 0.313 e. The molecule has 1 aromatic rings. The molecule has 0 aliphatic carbocycles. The van der Waals surface area contributed by atoms with Crippen LogP contribution in [0, 0.1) is 17.5 Å². The van der Waals surface area contributed by atoms with Crippen molar-refractivity contribution in [2.24, 2.45) is 0 Å². The minimum absolute atomic E-state index is 0.0847. The second kappa shape index (κ2) is 6.76. The molecule has 1 N–H and O–H groups in total. The summed E-state index contributed by atoms with van der Waals surface area (Å²) in [5.41, 5.74) is 0.0847. The Morgan fingerprint density at radius 2 is 1.82 bits per heavy atom. The van der Waals surface area contributed by atoms with Crippen molar-refractivity contribution < 1.29 is 17.4 Å². The van der Waals surface area contributed by atoms with Crippen LogP contribution in [0.5, 0.6) is 0 Å². The quantitative estimate of drug-likeness (QED) is 0.629. The topological polar surface area (TPSA) is 29.1 Å². The molecule has 1 rings (SSSR count). The van der Waals surface area contributed by atoms with E-state index < -0.39 is 28.3 Å². The van der Waals surface area contributed by atoms with Crippen molar-refractivity contribution in [3.8, 4) is 0 Å². The highest BCUT2D eigenvalue weighted by Gasteiger charge is 2.08. The molecule has 1 aromatic carbocycles. The molecule has 0 aliphatic rings. The van der Waals surface area contributed by atoms with Gasteiger partial charge in [0.25, 0.3) is 0 Å². The zero-order valence-electron chi connectivity index (χ0n) is 9.43.